The number of hydrogen-bond donors (Lipinski definition) is 1. The average molecular weight is 226 g/mol. The van der Waals surface area contributed by atoms with Crippen LogP contribution in [-0.2, 0) is 4.79 Å². The lowest BCUT2D eigenvalue weighted by molar-refractivity contribution is -0.137. The Morgan fingerprint density at radius 3 is 2.38 bits per heavy atom. The summed E-state index contributed by atoms with van der Waals surface area (Å²) in [5.41, 5.74) is 5.59. The van der Waals surface area contributed by atoms with Gasteiger partial charge in [0, 0.05) is 25.6 Å². The second-order valence-corrected chi connectivity index (χ2v) is 5.16. The van der Waals surface area contributed by atoms with Gasteiger partial charge in [-0.25, -0.2) is 0 Å². The molecule has 94 valence electrons. The minimum absolute atomic E-state index is 0.163. The Bertz CT molecular complexity index is 222. The minimum atomic E-state index is 0.163. The van der Waals surface area contributed by atoms with Gasteiger partial charge >= 0.3 is 0 Å². The number of rotatable bonds is 4. The molecule has 0 radical (unpaired) electrons. The van der Waals surface area contributed by atoms with Gasteiger partial charge in [0.25, 0.3) is 0 Å². The van der Waals surface area contributed by atoms with E-state index in [1.165, 1.54) is 19.3 Å². The molecule has 1 unspecified atom stereocenters. The molecule has 1 fully saturated rings. The molecule has 0 saturated heterocycles. The Balaban J connectivity index is 2.44. The first-order valence-corrected chi connectivity index (χ1v) is 6.56. The first-order valence-electron chi connectivity index (χ1n) is 6.56. The standard InChI is InChI=1S/C13H26N2O/c1-4-11-5-7-12(8-6-11)13(16)15(3)10(2)9-14/h10-12H,4-9,14H2,1-3H3. The third-order valence-electron chi connectivity index (χ3n) is 4.12. The van der Waals surface area contributed by atoms with Gasteiger partial charge in [0.1, 0.15) is 0 Å². The van der Waals surface area contributed by atoms with Crippen LogP contribution in [-0.4, -0.2) is 30.4 Å². The molecular formula is C13H26N2O. The van der Waals surface area contributed by atoms with Crippen molar-refractivity contribution in [3.05, 3.63) is 0 Å². The van der Waals surface area contributed by atoms with E-state index in [4.69, 9.17) is 5.73 Å². The lowest BCUT2D eigenvalue weighted by atomic mass is 9.80. The number of carbonyl (C=O) groups is 1. The first-order chi connectivity index (χ1) is 7.60. The average Bonchev–Trinajstić information content (AvgIpc) is 2.36. The quantitative estimate of drug-likeness (QED) is 0.797. The van der Waals surface area contributed by atoms with E-state index in [2.05, 4.69) is 6.92 Å². The molecule has 1 saturated carbocycles. The van der Waals surface area contributed by atoms with Crippen LogP contribution in [0.2, 0.25) is 0 Å². The lowest BCUT2D eigenvalue weighted by Crippen LogP contribution is -2.43. The monoisotopic (exact) mass is 226 g/mol. The van der Waals surface area contributed by atoms with Gasteiger partial charge in [-0.1, -0.05) is 13.3 Å². The molecule has 0 aliphatic heterocycles. The normalized spacial score (nSPS) is 27.5. The molecule has 1 amide bonds. The smallest absolute Gasteiger partial charge is 0.225 e. The van der Waals surface area contributed by atoms with E-state index < -0.39 is 0 Å². The third kappa shape index (κ3) is 3.21. The molecule has 0 aromatic heterocycles. The van der Waals surface area contributed by atoms with Crippen molar-refractivity contribution in [3.8, 4) is 0 Å². The van der Waals surface area contributed by atoms with Crippen molar-refractivity contribution in [2.75, 3.05) is 13.6 Å². The molecule has 0 bridgehead atoms. The molecule has 0 aromatic rings. The SMILES string of the molecule is CCC1CCC(C(=O)N(C)C(C)CN)CC1. The fourth-order valence-corrected chi connectivity index (χ4v) is 2.48. The zero-order chi connectivity index (χ0) is 12.1. The van der Waals surface area contributed by atoms with Crippen molar-refractivity contribution >= 4 is 5.91 Å². The molecule has 2 N–H and O–H groups in total. The van der Waals surface area contributed by atoms with Gasteiger partial charge in [0.2, 0.25) is 5.91 Å². The maximum absolute atomic E-state index is 12.2. The number of nitrogens with zero attached hydrogens (tertiary/aromatic N) is 1. The summed E-state index contributed by atoms with van der Waals surface area (Å²) in [6.45, 7) is 4.80. The molecule has 0 aromatic carbocycles. The van der Waals surface area contributed by atoms with E-state index in [1.807, 2.05) is 18.9 Å². The van der Waals surface area contributed by atoms with Gasteiger partial charge in [0.15, 0.2) is 0 Å². The molecule has 1 aliphatic carbocycles. The lowest BCUT2D eigenvalue weighted by Gasteiger charge is -2.32. The van der Waals surface area contributed by atoms with Crippen LogP contribution in [0.4, 0.5) is 0 Å². The molecule has 1 rings (SSSR count). The van der Waals surface area contributed by atoms with Crippen molar-refractivity contribution in [1.82, 2.24) is 4.90 Å². The molecule has 0 heterocycles. The van der Waals surface area contributed by atoms with Crippen molar-refractivity contribution in [2.24, 2.45) is 17.6 Å². The van der Waals surface area contributed by atoms with Crippen LogP contribution in [0.5, 0.6) is 0 Å². The van der Waals surface area contributed by atoms with Crippen LogP contribution in [0.3, 0.4) is 0 Å². The van der Waals surface area contributed by atoms with Crippen molar-refractivity contribution in [2.45, 2.75) is 52.0 Å². The fraction of sp³-hybridized carbons (Fsp3) is 0.923. The zero-order valence-electron chi connectivity index (χ0n) is 10.9. The summed E-state index contributed by atoms with van der Waals surface area (Å²) in [5, 5.41) is 0. The summed E-state index contributed by atoms with van der Waals surface area (Å²) in [4.78, 5) is 14.0. The first kappa shape index (κ1) is 13.5. The van der Waals surface area contributed by atoms with Crippen LogP contribution in [0.1, 0.15) is 46.0 Å². The topological polar surface area (TPSA) is 46.3 Å². The van der Waals surface area contributed by atoms with E-state index in [1.54, 1.807) is 0 Å². The van der Waals surface area contributed by atoms with Gasteiger partial charge in [-0.2, -0.15) is 0 Å². The highest BCUT2D eigenvalue weighted by Crippen LogP contribution is 2.31. The Morgan fingerprint density at radius 2 is 1.94 bits per heavy atom. The maximum Gasteiger partial charge on any atom is 0.225 e. The molecule has 16 heavy (non-hydrogen) atoms. The Labute approximate surface area is 99.4 Å². The highest BCUT2D eigenvalue weighted by atomic mass is 16.2. The molecule has 1 atom stereocenters. The van der Waals surface area contributed by atoms with E-state index in [-0.39, 0.29) is 12.0 Å². The van der Waals surface area contributed by atoms with Crippen LogP contribution < -0.4 is 5.73 Å². The van der Waals surface area contributed by atoms with Crippen molar-refractivity contribution in [1.29, 1.82) is 0 Å². The molecule has 3 heteroatoms. The minimum Gasteiger partial charge on any atom is -0.342 e. The second kappa shape index (κ2) is 6.24. The largest absolute Gasteiger partial charge is 0.342 e. The van der Waals surface area contributed by atoms with E-state index in [9.17, 15) is 4.79 Å². The molecule has 1 aliphatic rings. The van der Waals surface area contributed by atoms with E-state index >= 15 is 0 Å². The maximum atomic E-state index is 12.2. The third-order valence-corrected chi connectivity index (χ3v) is 4.12. The van der Waals surface area contributed by atoms with Gasteiger partial charge in [0.05, 0.1) is 0 Å². The van der Waals surface area contributed by atoms with Gasteiger partial charge < -0.3 is 10.6 Å². The van der Waals surface area contributed by atoms with Gasteiger partial charge in [-0.3, -0.25) is 4.79 Å². The number of nitrogens with two attached hydrogens (primary N) is 1. The number of amides is 1. The summed E-state index contributed by atoms with van der Waals surface area (Å²) in [7, 11) is 1.88. The summed E-state index contributed by atoms with van der Waals surface area (Å²) < 4.78 is 0. The van der Waals surface area contributed by atoms with Gasteiger partial charge in [-0.15, -0.1) is 0 Å². The van der Waals surface area contributed by atoms with Crippen LogP contribution in [0.15, 0.2) is 0 Å². The molecular weight excluding hydrogens is 200 g/mol. The predicted molar refractivity (Wildman–Crippen MR) is 67.0 cm³/mol. The Morgan fingerprint density at radius 1 is 1.38 bits per heavy atom. The fourth-order valence-electron chi connectivity index (χ4n) is 2.48. The summed E-state index contributed by atoms with van der Waals surface area (Å²) >= 11 is 0. The van der Waals surface area contributed by atoms with Crippen molar-refractivity contribution < 1.29 is 4.79 Å². The number of hydrogen-bond acceptors (Lipinski definition) is 2. The second-order valence-electron chi connectivity index (χ2n) is 5.16. The van der Waals surface area contributed by atoms with Crippen LogP contribution in [0, 0.1) is 11.8 Å². The van der Waals surface area contributed by atoms with Crippen LogP contribution in [0.25, 0.3) is 0 Å². The molecule has 0 spiro atoms. The highest BCUT2D eigenvalue weighted by Gasteiger charge is 2.28. The number of carbonyl (C=O) groups excluding carboxylic acids is 1. The van der Waals surface area contributed by atoms with E-state index in [0.29, 0.717) is 12.5 Å². The van der Waals surface area contributed by atoms with Gasteiger partial charge in [-0.05, 0) is 38.5 Å². The highest BCUT2D eigenvalue weighted by molar-refractivity contribution is 5.79. The molecule has 3 nitrogen and oxygen atoms in total. The zero-order valence-corrected chi connectivity index (χ0v) is 10.9. The van der Waals surface area contributed by atoms with Crippen molar-refractivity contribution in [3.63, 3.8) is 0 Å². The predicted octanol–water partition coefficient (Wildman–Crippen LogP) is 2.01. The van der Waals surface area contributed by atoms with Crippen LogP contribution >= 0.6 is 0 Å². The Hall–Kier alpha value is -0.570. The summed E-state index contributed by atoms with van der Waals surface area (Å²) in [6, 6.07) is 0.163. The Kier molecular flexibility index (Phi) is 5.26. The number of likely N-dealkylation sites (N-methyl/N-ethyl adjacent to an activating group) is 1. The van der Waals surface area contributed by atoms with E-state index in [0.717, 1.165) is 18.8 Å². The summed E-state index contributed by atoms with van der Waals surface area (Å²) in [6.07, 6.45) is 5.84. The summed E-state index contributed by atoms with van der Waals surface area (Å²) in [5.74, 6) is 1.40.